The molecular formula is C25H28N6O. The maximum absolute atomic E-state index is 6.01. The molecule has 7 heteroatoms. The van der Waals surface area contributed by atoms with Gasteiger partial charge >= 0.3 is 0 Å². The minimum absolute atomic E-state index is 0.359. The van der Waals surface area contributed by atoms with E-state index in [0.29, 0.717) is 11.7 Å². The molecule has 0 unspecified atom stereocenters. The smallest absolute Gasteiger partial charge is 0.130 e. The molecule has 1 aromatic carbocycles. The molecule has 0 aliphatic carbocycles. The van der Waals surface area contributed by atoms with Crippen LogP contribution >= 0.6 is 0 Å². The molecule has 0 bridgehead atoms. The van der Waals surface area contributed by atoms with Crippen LogP contribution in [0.3, 0.4) is 0 Å². The van der Waals surface area contributed by atoms with Gasteiger partial charge in [0.1, 0.15) is 12.1 Å². The van der Waals surface area contributed by atoms with Crippen molar-refractivity contribution in [1.82, 2.24) is 24.4 Å². The van der Waals surface area contributed by atoms with E-state index in [0.717, 1.165) is 71.9 Å². The summed E-state index contributed by atoms with van der Waals surface area (Å²) in [7, 11) is 1.68. The number of fused-ring (bicyclic) bond motifs is 1. The zero-order valence-corrected chi connectivity index (χ0v) is 18.5. The fourth-order valence-electron chi connectivity index (χ4n) is 4.73. The van der Waals surface area contributed by atoms with Crippen LogP contribution in [-0.2, 0) is 6.54 Å². The van der Waals surface area contributed by atoms with E-state index in [9.17, 15) is 0 Å². The summed E-state index contributed by atoms with van der Waals surface area (Å²) in [6, 6.07) is 14.6. The molecule has 2 N–H and O–H groups in total. The zero-order chi connectivity index (χ0) is 22.1. The quantitative estimate of drug-likeness (QED) is 0.479. The van der Waals surface area contributed by atoms with Crippen molar-refractivity contribution in [2.75, 3.05) is 25.9 Å². The summed E-state index contributed by atoms with van der Waals surface area (Å²) in [5, 5.41) is 0. The fraction of sp³-hybridized carbons (Fsp3) is 0.320. The molecule has 164 valence electrons. The predicted molar refractivity (Wildman–Crippen MR) is 126 cm³/mol. The van der Waals surface area contributed by atoms with Crippen molar-refractivity contribution in [3.05, 3.63) is 66.4 Å². The lowest BCUT2D eigenvalue weighted by Gasteiger charge is -2.34. The van der Waals surface area contributed by atoms with Gasteiger partial charge in [-0.1, -0.05) is 6.07 Å². The Morgan fingerprint density at radius 2 is 1.97 bits per heavy atom. The van der Waals surface area contributed by atoms with E-state index in [2.05, 4.69) is 42.6 Å². The Labute approximate surface area is 187 Å². The molecule has 1 saturated heterocycles. The molecule has 3 aromatic heterocycles. The van der Waals surface area contributed by atoms with Crippen LogP contribution in [0.4, 0.5) is 5.69 Å². The number of hydrogen-bond acceptors (Lipinski definition) is 6. The normalized spacial score (nSPS) is 15.3. The number of pyridine rings is 1. The van der Waals surface area contributed by atoms with Crippen molar-refractivity contribution in [2.24, 2.45) is 0 Å². The van der Waals surface area contributed by atoms with Crippen LogP contribution < -0.4 is 10.5 Å². The molecule has 1 aliphatic rings. The summed E-state index contributed by atoms with van der Waals surface area (Å²) in [5.74, 6) is 0.768. The van der Waals surface area contributed by atoms with Gasteiger partial charge in [-0.05, 0) is 50.1 Å². The first-order valence-corrected chi connectivity index (χ1v) is 11.0. The van der Waals surface area contributed by atoms with Gasteiger partial charge < -0.3 is 15.0 Å². The number of nitrogens with zero attached hydrogens (tertiary/aromatic N) is 5. The van der Waals surface area contributed by atoms with Gasteiger partial charge in [0.2, 0.25) is 0 Å². The molecular weight excluding hydrogens is 400 g/mol. The molecule has 0 spiro atoms. The average Bonchev–Trinajstić information content (AvgIpc) is 3.19. The highest BCUT2D eigenvalue weighted by molar-refractivity contribution is 5.85. The number of anilines is 1. The van der Waals surface area contributed by atoms with Crippen LogP contribution in [0.1, 0.15) is 30.3 Å². The van der Waals surface area contributed by atoms with Crippen LogP contribution in [0, 0.1) is 6.92 Å². The molecule has 4 heterocycles. The predicted octanol–water partition coefficient (Wildman–Crippen LogP) is 4.23. The van der Waals surface area contributed by atoms with E-state index in [4.69, 9.17) is 10.5 Å². The summed E-state index contributed by atoms with van der Waals surface area (Å²) in [6.07, 6.45) is 5.62. The Morgan fingerprint density at radius 3 is 2.75 bits per heavy atom. The molecule has 1 aliphatic heterocycles. The second-order valence-corrected chi connectivity index (χ2v) is 8.43. The van der Waals surface area contributed by atoms with Crippen molar-refractivity contribution in [2.45, 2.75) is 32.4 Å². The summed E-state index contributed by atoms with van der Waals surface area (Å²) in [4.78, 5) is 16.0. The first-order chi connectivity index (χ1) is 15.6. The number of rotatable bonds is 5. The van der Waals surface area contributed by atoms with Gasteiger partial charge in [-0.3, -0.25) is 9.88 Å². The van der Waals surface area contributed by atoms with Gasteiger partial charge in [-0.15, -0.1) is 0 Å². The standard InChI is InChI=1S/C25H28N6O/c1-17-4-3-5-19(29-17)15-30-10-8-20(9-11-30)31-23(13-22-24(31)14-27-16-28-22)21-7-6-18(26)12-25(21)32-2/h3-7,12-14,16,20H,8-11,15,26H2,1-2H3. The minimum atomic E-state index is 0.359. The second-order valence-electron chi connectivity index (χ2n) is 8.43. The summed E-state index contributed by atoms with van der Waals surface area (Å²) >= 11 is 0. The Hall–Kier alpha value is -3.45. The summed E-state index contributed by atoms with van der Waals surface area (Å²) < 4.78 is 8.06. The van der Waals surface area contributed by atoms with Crippen molar-refractivity contribution in [3.8, 4) is 17.0 Å². The topological polar surface area (TPSA) is 82.1 Å². The van der Waals surface area contributed by atoms with Gasteiger partial charge in [0.05, 0.1) is 35.7 Å². The molecule has 1 fully saturated rings. The van der Waals surface area contributed by atoms with E-state index >= 15 is 0 Å². The second kappa shape index (κ2) is 8.59. The van der Waals surface area contributed by atoms with Crippen molar-refractivity contribution in [3.63, 3.8) is 0 Å². The maximum Gasteiger partial charge on any atom is 0.130 e. The van der Waals surface area contributed by atoms with Crippen LogP contribution in [-0.4, -0.2) is 44.6 Å². The SMILES string of the molecule is COc1cc(N)ccc1-c1cc2ncncc2n1C1CCN(Cc2cccc(C)n2)CC1. The van der Waals surface area contributed by atoms with Crippen molar-refractivity contribution >= 4 is 16.7 Å². The largest absolute Gasteiger partial charge is 0.496 e. The van der Waals surface area contributed by atoms with E-state index in [1.165, 1.54) is 0 Å². The number of nitrogen functional groups attached to an aromatic ring is 1. The number of methoxy groups -OCH3 is 1. The van der Waals surface area contributed by atoms with Crippen LogP contribution in [0.2, 0.25) is 0 Å². The molecule has 0 atom stereocenters. The van der Waals surface area contributed by atoms with Gasteiger partial charge in [-0.25, -0.2) is 9.97 Å². The number of aromatic nitrogens is 4. The molecule has 0 saturated carbocycles. The lowest BCUT2D eigenvalue weighted by molar-refractivity contribution is 0.180. The van der Waals surface area contributed by atoms with E-state index in [-0.39, 0.29) is 0 Å². The Morgan fingerprint density at radius 1 is 1.12 bits per heavy atom. The van der Waals surface area contributed by atoms with E-state index in [1.807, 2.05) is 37.4 Å². The molecule has 5 rings (SSSR count). The monoisotopic (exact) mass is 428 g/mol. The Bertz CT molecular complexity index is 1240. The van der Waals surface area contributed by atoms with Gasteiger partial charge in [-0.2, -0.15) is 0 Å². The zero-order valence-electron chi connectivity index (χ0n) is 18.5. The third-order valence-corrected chi connectivity index (χ3v) is 6.27. The highest BCUT2D eigenvalue weighted by Gasteiger charge is 2.26. The third kappa shape index (κ3) is 3.91. The molecule has 32 heavy (non-hydrogen) atoms. The number of benzene rings is 1. The minimum Gasteiger partial charge on any atom is -0.496 e. The fourth-order valence-corrected chi connectivity index (χ4v) is 4.73. The molecule has 4 aromatic rings. The highest BCUT2D eigenvalue weighted by atomic mass is 16.5. The van der Waals surface area contributed by atoms with Gasteiger partial charge in [0.25, 0.3) is 0 Å². The highest BCUT2D eigenvalue weighted by Crippen LogP contribution is 2.39. The number of likely N-dealkylation sites (tertiary alicyclic amines) is 1. The maximum atomic E-state index is 6.01. The first kappa shape index (κ1) is 20.5. The number of ether oxygens (including phenoxy) is 1. The van der Waals surface area contributed by atoms with Crippen molar-refractivity contribution in [1.29, 1.82) is 0 Å². The number of piperidine rings is 1. The van der Waals surface area contributed by atoms with Crippen LogP contribution in [0.5, 0.6) is 5.75 Å². The first-order valence-electron chi connectivity index (χ1n) is 11.0. The van der Waals surface area contributed by atoms with E-state index in [1.54, 1.807) is 13.4 Å². The lowest BCUT2D eigenvalue weighted by atomic mass is 10.0. The number of nitrogens with two attached hydrogens (primary N) is 1. The summed E-state index contributed by atoms with van der Waals surface area (Å²) in [5.41, 5.74) is 13.0. The summed E-state index contributed by atoms with van der Waals surface area (Å²) in [6.45, 7) is 4.97. The molecule has 7 nitrogen and oxygen atoms in total. The molecule has 0 radical (unpaired) electrons. The Balaban J connectivity index is 1.45. The van der Waals surface area contributed by atoms with Crippen LogP contribution in [0.25, 0.3) is 22.3 Å². The van der Waals surface area contributed by atoms with E-state index < -0.39 is 0 Å². The lowest BCUT2D eigenvalue weighted by Crippen LogP contribution is -2.34. The number of hydrogen-bond donors (Lipinski definition) is 1. The molecule has 0 amide bonds. The van der Waals surface area contributed by atoms with Crippen molar-refractivity contribution < 1.29 is 4.74 Å². The van der Waals surface area contributed by atoms with Gasteiger partial charge in [0, 0.05) is 48.7 Å². The van der Waals surface area contributed by atoms with Crippen LogP contribution in [0.15, 0.2) is 55.0 Å². The van der Waals surface area contributed by atoms with Gasteiger partial charge in [0.15, 0.2) is 0 Å². The Kier molecular flexibility index (Phi) is 5.49. The number of aryl methyl sites for hydroxylation is 1. The third-order valence-electron chi connectivity index (χ3n) is 6.27. The average molecular weight is 429 g/mol.